The predicted octanol–water partition coefficient (Wildman–Crippen LogP) is 4.07. The molecule has 1 aromatic heterocycles. The van der Waals surface area contributed by atoms with E-state index >= 15 is 0 Å². The van der Waals surface area contributed by atoms with Crippen molar-refractivity contribution in [1.82, 2.24) is 4.57 Å². The number of hydrogen-bond acceptors (Lipinski definition) is 4. The van der Waals surface area contributed by atoms with Crippen LogP contribution in [0.1, 0.15) is 53.2 Å². The summed E-state index contributed by atoms with van der Waals surface area (Å²) >= 11 is 0. The molecule has 0 atom stereocenters. The van der Waals surface area contributed by atoms with Crippen LogP contribution in [-0.4, -0.2) is 17.1 Å². The van der Waals surface area contributed by atoms with Crippen molar-refractivity contribution >= 4 is 34.8 Å². The van der Waals surface area contributed by atoms with Crippen molar-refractivity contribution in [2.45, 2.75) is 60.5 Å². The largest absolute Gasteiger partial charge is 0.491 e. The number of pyridine rings is 1. The van der Waals surface area contributed by atoms with Gasteiger partial charge in [-0.2, -0.15) is 0 Å². The molecule has 0 bridgehead atoms. The predicted molar refractivity (Wildman–Crippen MR) is 118 cm³/mol. The molecule has 3 N–H and O–H groups in total. The minimum atomic E-state index is -0.164. The van der Waals surface area contributed by atoms with E-state index in [0.717, 1.165) is 12.8 Å². The quantitative estimate of drug-likeness (QED) is 0.675. The Balaban J connectivity index is 0.00000392. The lowest BCUT2D eigenvalue weighted by molar-refractivity contribution is -0.114. The number of ether oxygens (including phenoxy) is 1. The number of carbonyl (C=O) groups is 1. The number of fused-ring (bicyclic) bond motifs is 1. The first-order valence-electron chi connectivity index (χ1n) is 9.47. The molecule has 0 aliphatic rings. The van der Waals surface area contributed by atoms with Gasteiger partial charge in [-0.25, -0.2) is 0 Å². The number of anilines is 1. The number of amides is 1. The van der Waals surface area contributed by atoms with Gasteiger partial charge in [0.15, 0.2) is 0 Å². The van der Waals surface area contributed by atoms with Gasteiger partial charge in [-0.05, 0) is 30.0 Å². The van der Waals surface area contributed by atoms with Crippen molar-refractivity contribution in [1.29, 1.82) is 0 Å². The first kappa shape index (κ1) is 24.0. The number of carbonyl (C=O) groups excluding carboxylic acids is 1. The highest BCUT2D eigenvalue weighted by Crippen LogP contribution is 2.31. The van der Waals surface area contributed by atoms with Crippen LogP contribution in [0.25, 0.3) is 10.8 Å². The van der Waals surface area contributed by atoms with Crippen LogP contribution in [0.3, 0.4) is 0 Å². The zero-order valence-electron chi connectivity index (χ0n) is 17.4. The fourth-order valence-corrected chi connectivity index (χ4v) is 3.07. The Bertz CT molecular complexity index is 885. The number of nitrogens with zero attached hydrogens (tertiary/aromatic N) is 1. The van der Waals surface area contributed by atoms with E-state index in [2.05, 4.69) is 33.0 Å². The van der Waals surface area contributed by atoms with Crippen LogP contribution in [-0.2, 0) is 17.9 Å². The summed E-state index contributed by atoms with van der Waals surface area (Å²) in [7, 11) is 0. The summed E-state index contributed by atoms with van der Waals surface area (Å²) < 4.78 is 7.84. The van der Waals surface area contributed by atoms with E-state index < -0.39 is 0 Å². The normalized spacial score (nSPS) is 11.2. The third kappa shape index (κ3) is 5.72. The van der Waals surface area contributed by atoms with Gasteiger partial charge in [0.25, 0.3) is 5.56 Å². The van der Waals surface area contributed by atoms with Crippen molar-refractivity contribution in [3.63, 3.8) is 0 Å². The molecule has 0 unspecified atom stereocenters. The lowest BCUT2D eigenvalue weighted by atomic mass is 9.96. The highest BCUT2D eigenvalue weighted by molar-refractivity contribution is 5.95. The van der Waals surface area contributed by atoms with Crippen LogP contribution >= 0.6 is 12.4 Å². The van der Waals surface area contributed by atoms with Gasteiger partial charge < -0.3 is 20.4 Å². The second-order valence-electron chi connectivity index (χ2n) is 8.08. The highest BCUT2D eigenvalue weighted by atomic mass is 35.5. The molecule has 1 heterocycles. The van der Waals surface area contributed by atoms with Gasteiger partial charge >= 0.3 is 0 Å². The van der Waals surface area contributed by atoms with E-state index in [1.165, 1.54) is 6.92 Å². The summed E-state index contributed by atoms with van der Waals surface area (Å²) in [6.45, 7) is 11.1. The van der Waals surface area contributed by atoms with Crippen LogP contribution in [0.15, 0.2) is 23.0 Å². The van der Waals surface area contributed by atoms with Crippen LogP contribution < -0.4 is 21.3 Å². The zero-order valence-corrected chi connectivity index (χ0v) is 18.2. The Morgan fingerprint density at radius 2 is 1.93 bits per heavy atom. The number of aromatic nitrogens is 1. The Morgan fingerprint density at radius 1 is 1.25 bits per heavy atom. The number of rotatable bonds is 7. The van der Waals surface area contributed by atoms with Crippen molar-refractivity contribution in [3.8, 4) is 5.75 Å². The number of benzene rings is 1. The molecule has 1 aromatic carbocycles. The Kier molecular flexibility index (Phi) is 8.51. The van der Waals surface area contributed by atoms with E-state index in [0.29, 0.717) is 41.1 Å². The van der Waals surface area contributed by atoms with Crippen LogP contribution in [0.2, 0.25) is 0 Å². The summed E-state index contributed by atoms with van der Waals surface area (Å²) in [6.07, 6.45) is 1.92. The van der Waals surface area contributed by atoms with Gasteiger partial charge in [0.05, 0.1) is 17.7 Å². The van der Waals surface area contributed by atoms with E-state index in [9.17, 15) is 9.59 Å². The molecule has 0 aliphatic carbocycles. The molecule has 1 amide bonds. The van der Waals surface area contributed by atoms with Crippen molar-refractivity contribution < 1.29 is 9.53 Å². The molecule has 7 heteroatoms. The molecule has 0 aliphatic heterocycles. The average Bonchev–Trinajstić information content (AvgIpc) is 2.57. The van der Waals surface area contributed by atoms with Gasteiger partial charge in [-0.1, -0.05) is 34.1 Å². The molecule has 2 rings (SSSR count). The molecular weight excluding hydrogens is 378 g/mol. The second-order valence-corrected chi connectivity index (χ2v) is 8.08. The summed E-state index contributed by atoms with van der Waals surface area (Å²) in [6, 6.07) is 5.28. The molecule has 156 valence electrons. The average molecular weight is 410 g/mol. The lowest BCUT2D eigenvalue weighted by Crippen LogP contribution is -2.31. The van der Waals surface area contributed by atoms with E-state index in [1.54, 1.807) is 22.8 Å². The van der Waals surface area contributed by atoms with Gasteiger partial charge in [-0.3, -0.25) is 9.59 Å². The first-order chi connectivity index (χ1) is 12.7. The second kappa shape index (κ2) is 9.94. The fourth-order valence-electron chi connectivity index (χ4n) is 3.07. The SMILES string of the molecule is CCCCOc1c(CN)n(CC(C)(C)C)c(=O)c2ccc(NC(C)=O)cc12.Cl. The molecule has 0 saturated heterocycles. The Morgan fingerprint density at radius 3 is 2.46 bits per heavy atom. The number of nitrogens with two attached hydrogens (primary N) is 1. The van der Waals surface area contributed by atoms with Crippen LogP contribution in [0.5, 0.6) is 5.75 Å². The molecule has 0 radical (unpaired) electrons. The number of unbranched alkanes of at least 4 members (excludes halogenated alkanes) is 1. The molecular formula is C21H32ClN3O3. The molecule has 0 spiro atoms. The molecule has 28 heavy (non-hydrogen) atoms. The number of hydrogen-bond donors (Lipinski definition) is 2. The zero-order chi connectivity index (χ0) is 20.2. The fraction of sp³-hybridized carbons (Fsp3) is 0.524. The summed E-state index contributed by atoms with van der Waals surface area (Å²) in [5, 5.41) is 4.02. The van der Waals surface area contributed by atoms with E-state index in [1.807, 2.05) is 0 Å². The maximum absolute atomic E-state index is 13.2. The van der Waals surface area contributed by atoms with E-state index in [4.69, 9.17) is 10.5 Å². The minimum absolute atomic E-state index is 0. The summed E-state index contributed by atoms with van der Waals surface area (Å²) in [5.41, 5.74) is 7.20. The molecule has 0 fully saturated rings. The molecule has 0 saturated carbocycles. The van der Waals surface area contributed by atoms with Crippen molar-refractivity contribution in [2.24, 2.45) is 11.1 Å². The van der Waals surface area contributed by atoms with Crippen LogP contribution in [0.4, 0.5) is 5.69 Å². The summed E-state index contributed by atoms with van der Waals surface area (Å²) in [4.78, 5) is 24.6. The maximum Gasteiger partial charge on any atom is 0.258 e. The van der Waals surface area contributed by atoms with Gasteiger partial charge in [-0.15, -0.1) is 12.4 Å². The monoisotopic (exact) mass is 409 g/mol. The summed E-state index contributed by atoms with van der Waals surface area (Å²) in [5.74, 6) is 0.472. The van der Waals surface area contributed by atoms with Crippen LogP contribution in [0, 0.1) is 5.41 Å². The Labute approximate surface area is 172 Å². The van der Waals surface area contributed by atoms with Crippen molar-refractivity contribution in [2.75, 3.05) is 11.9 Å². The number of halogens is 1. The van der Waals surface area contributed by atoms with Gasteiger partial charge in [0, 0.05) is 31.1 Å². The smallest absolute Gasteiger partial charge is 0.258 e. The molecule has 2 aromatic rings. The first-order valence-corrected chi connectivity index (χ1v) is 9.47. The van der Waals surface area contributed by atoms with Gasteiger partial charge in [0.1, 0.15) is 5.75 Å². The van der Waals surface area contributed by atoms with Gasteiger partial charge in [0.2, 0.25) is 5.91 Å². The third-order valence-corrected chi connectivity index (χ3v) is 4.22. The molecule has 6 nitrogen and oxygen atoms in total. The third-order valence-electron chi connectivity index (χ3n) is 4.22. The standard InChI is InChI=1S/C21H31N3O3.ClH/c1-6-7-10-27-19-17-11-15(23-14(2)25)8-9-16(17)20(26)24(18(19)12-22)13-21(3,4)5;/h8-9,11H,6-7,10,12-13,22H2,1-5H3,(H,23,25);1H. The topological polar surface area (TPSA) is 86.3 Å². The van der Waals surface area contributed by atoms with Crippen molar-refractivity contribution in [3.05, 3.63) is 34.2 Å². The Hall–Kier alpha value is -2.05. The number of nitrogens with one attached hydrogen (secondary N) is 1. The minimum Gasteiger partial charge on any atom is -0.491 e. The lowest BCUT2D eigenvalue weighted by Gasteiger charge is -2.25. The maximum atomic E-state index is 13.2. The van der Waals surface area contributed by atoms with E-state index in [-0.39, 0.29) is 35.8 Å². The highest BCUT2D eigenvalue weighted by Gasteiger charge is 2.21.